The van der Waals surface area contributed by atoms with Gasteiger partial charge in [0.15, 0.2) is 6.10 Å². The maximum atomic E-state index is 14.4. The van der Waals surface area contributed by atoms with E-state index in [0.717, 1.165) is 18.6 Å². The van der Waals surface area contributed by atoms with Gasteiger partial charge in [-0.15, -0.1) is 0 Å². The van der Waals surface area contributed by atoms with E-state index in [1.807, 2.05) is 30.3 Å². The summed E-state index contributed by atoms with van der Waals surface area (Å²) >= 11 is 0. The Balaban J connectivity index is 1.53. The molecule has 0 bridgehead atoms. The van der Waals surface area contributed by atoms with E-state index in [2.05, 4.69) is 0 Å². The summed E-state index contributed by atoms with van der Waals surface area (Å²) in [5.41, 5.74) is 0.462. The van der Waals surface area contributed by atoms with Crippen molar-refractivity contribution in [2.45, 2.75) is 57.0 Å². The first-order valence-corrected chi connectivity index (χ1v) is 14.4. The first-order valence-electron chi connectivity index (χ1n) is 14.4. The molecule has 2 aliphatic heterocycles. The lowest BCUT2D eigenvalue weighted by Gasteiger charge is -2.40. The zero-order chi connectivity index (χ0) is 31.4. The zero-order valence-corrected chi connectivity index (χ0v) is 24.4. The van der Waals surface area contributed by atoms with Crippen LogP contribution in [0.5, 0.6) is 5.75 Å². The fourth-order valence-electron chi connectivity index (χ4n) is 6.01. The van der Waals surface area contributed by atoms with Crippen LogP contribution in [0.1, 0.15) is 47.9 Å². The van der Waals surface area contributed by atoms with Crippen molar-refractivity contribution in [3.05, 3.63) is 95.1 Å². The summed E-state index contributed by atoms with van der Waals surface area (Å²) in [6.07, 6.45) is -6.00. The van der Waals surface area contributed by atoms with Gasteiger partial charge < -0.3 is 24.0 Å². The van der Waals surface area contributed by atoms with Crippen LogP contribution in [-0.4, -0.2) is 55.2 Å². The number of piperidine rings is 1. The number of hydrogen-bond donors (Lipinski definition) is 0. The monoisotopic (exact) mass is 610 g/mol. The third kappa shape index (κ3) is 6.66. The Kier molecular flexibility index (Phi) is 9.12. The number of carbonyl (C=O) groups is 3. The Morgan fingerprint density at radius 1 is 0.977 bits per heavy atom. The number of hydrogen-bond acceptors (Lipinski definition) is 6. The van der Waals surface area contributed by atoms with Crippen molar-refractivity contribution in [2.75, 3.05) is 25.1 Å². The van der Waals surface area contributed by atoms with Crippen molar-refractivity contribution in [2.24, 2.45) is 0 Å². The minimum Gasteiger partial charge on any atom is -0.497 e. The molecule has 0 radical (unpaired) electrons. The van der Waals surface area contributed by atoms with E-state index in [0.29, 0.717) is 30.7 Å². The standard InChI is InChI=1S/C33H33F3N2O6/c1-21(39)44-30-26(23-13-15-25(42-2)16-14-23)18-27-28(33(34,35)36)11-6-12-29(27)38(31(30)40)24-10-7-17-37(19-24)32(41)43-20-22-8-4-3-5-9-22/h3-6,8-9,11-16,24,26,30H,7,10,17-20H2,1-2H3. The van der Waals surface area contributed by atoms with Crippen LogP contribution in [0.3, 0.4) is 0 Å². The van der Waals surface area contributed by atoms with Crippen molar-refractivity contribution in [1.82, 2.24) is 4.90 Å². The summed E-state index contributed by atoms with van der Waals surface area (Å²) in [7, 11) is 1.49. The van der Waals surface area contributed by atoms with Crippen LogP contribution in [0.25, 0.3) is 0 Å². The number of halogens is 3. The predicted octanol–water partition coefficient (Wildman–Crippen LogP) is 6.12. The molecule has 8 nitrogen and oxygen atoms in total. The molecular formula is C33H33F3N2O6. The molecule has 2 amide bonds. The van der Waals surface area contributed by atoms with Crippen molar-refractivity contribution >= 4 is 23.7 Å². The highest BCUT2D eigenvalue weighted by molar-refractivity contribution is 6.00. The molecule has 2 aliphatic rings. The number of carbonyl (C=O) groups excluding carboxylic acids is 3. The average molecular weight is 611 g/mol. The smallest absolute Gasteiger partial charge is 0.416 e. The van der Waals surface area contributed by atoms with Crippen LogP contribution < -0.4 is 9.64 Å². The van der Waals surface area contributed by atoms with Crippen LogP contribution >= 0.6 is 0 Å². The number of ether oxygens (including phenoxy) is 3. The molecule has 0 spiro atoms. The van der Waals surface area contributed by atoms with Crippen LogP contribution in [-0.2, 0) is 38.3 Å². The van der Waals surface area contributed by atoms with Crippen LogP contribution in [0.15, 0.2) is 72.8 Å². The van der Waals surface area contributed by atoms with Crippen LogP contribution in [0.4, 0.5) is 23.7 Å². The van der Waals surface area contributed by atoms with E-state index in [9.17, 15) is 27.6 Å². The molecule has 2 heterocycles. The van der Waals surface area contributed by atoms with E-state index in [1.165, 1.54) is 29.0 Å². The van der Waals surface area contributed by atoms with E-state index in [-0.39, 0.29) is 30.8 Å². The average Bonchev–Trinajstić information content (AvgIpc) is 3.13. The Morgan fingerprint density at radius 3 is 2.36 bits per heavy atom. The number of methoxy groups -OCH3 is 1. The Hall–Kier alpha value is -4.54. The van der Waals surface area contributed by atoms with E-state index < -0.39 is 47.8 Å². The number of fused-ring (bicyclic) bond motifs is 1. The highest BCUT2D eigenvalue weighted by Crippen LogP contribution is 2.44. The summed E-state index contributed by atoms with van der Waals surface area (Å²) in [5, 5.41) is 0. The number of benzene rings is 3. The lowest BCUT2D eigenvalue weighted by Crippen LogP contribution is -2.55. The molecule has 3 aromatic rings. The third-order valence-electron chi connectivity index (χ3n) is 8.05. The molecule has 11 heteroatoms. The summed E-state index contributed by atoms with van der Waals surface area (Å²) < 4.78 is 59.6. The van der Waals surface area contributed by atoms with Gasteiger partial charge in [0.1, 0.15) is 12.4 Å². The van der Waals surface area contributed by atoms with E-state index >= 15 is 0 Å². The lowest BCUT2D eigenvalue weighted by atomic mass is 9.86. The van der Waals surface area contributed by atoms with Gasteiger partial charge in [0.2, 0.25) is 0 Å². The van der Waals surface area contributed by atoms with Gasteiger partial charge in [-0.25, -0.2) is 4.79 Å². The molecule has 3 atom stereocenters. The van der Waals surface area contributed by atoms with Crippen molar-refractivity contribution < 1.29 is 41.8 Å². The second-order valence-corrected chi connectivity index (χ2v) is 10.9. The number of rotatable bonds is 6. The normalized spacial score (nSPS) is 20.4. The quantitative estimate of drug-likeness (QED) is 0.313. The molecule has 3 aromatic carbocycles. The molecule has 232 valence electrons. The number of likely N-dealkylation sites (tertiary alicyclic amines) is 1. The fourth-order valence-corrected chi connectivity index (χ4v) is 6.01. The molecule has 0 aliphatic carbocycles. The Morgan fingerprint density at radius 2 is 1.70 bits per heavy atom. The SMILES string of the molecule is COc1ccc(C2Cc3c(cccc3C(F)(F)F)N(C3CCCN(C(=O)OCc4ccccc4)C3)C(=O)C2OC(C)=O)cc1. The van der Waals surface area contributed by atoms with Gasteiger partial charge in [0, 0.05) is 31.6 Å². The first kappa shape index (κ1) is 30.9. The number of alkyl halides is 3. The van der Waals surface area contributed by atoms with Gasteiger partial charge in [-0.2, -0.15) is 13.2 Å². The van der Waals surface area contributed by atoms with Gasteiger partial charge >= 0.3 is 18.2 Å². The third-order valence-corrected chi connectivity index (χ3v) is 8.05. The maximum absolute atomic E-state index is 14.4. The van der Waals surface area contributed by atoms with Gasteiger partial charge in [-0.3, -0.25) is 9.59 Å². The lowest BCUT2D eigenvalue weighted by molar-refractivity contribution is -0.154. The minimum atomic E-state index is -4.70. The summed E-state index contributed by atoms with van der Waals surface area (Å²) in [5.74, 6) is -1.78. The van der Waals surface area contributed by atoms with Gasteiger partial charge in [0.25, 0.3) is 5.91 Å². The maximum Gasteiger partial charge on any atom is 0.416 e. The molecule has 44 heavy (non-hydrogen) atoms. The molecule has 1 fully saturated rings. The van der Waals surface area contributed by atoms with Crippen LogP contribution in [0, 0.1) is 0 Å². The second-order valence-electron chi connectivity index (χ2n) is 10.9. The number of anilines is 1. The largest absolute Gasteiger partial charge is 0.497 e. The molecule has 1 saturated heterocycles. The Bertz CT molecular complexity index is 1500. The number of esters is 1. The van der Waals surface area contributed by atoms with E-state index in [1.54, 1.807) is 24.3 Å². The van der Waals surface area contributed by atoms with Crippen molar-refractivity contribution in [3.8, 4) is 5.75 Å². The van der Waals surface area contributed by atoms with Crippen molar-refractivity contribution in [1.29, 1.82) is 0 Å². The summed E-state index contributed by atoms with van der Waals surface area (Å²) in [4.78, 5) is 42.5. The van der Waals surface area contributed by atoms with E-state index in [4.69, 9.17) is 14.2 Å². The Labute approximate surface area is 253 Å². The van der Waals surface area contributed by atoms with Crippen LogP contribution in [0.2, 0.25) is 0 Å². The van der Waals surface area contributed by atoms with Gasteiger partial charge in [-0.1, -0.05) is 48.5 Å². The number of amides is 2. The topological polar surface area (TPSA) is 85.4 Å². The molecule has 0 saturated carbocycles. The first-order chi connectivity index (χ1) is 21.1. The molecule has 3 unspecified atom stereocenters. The molecule has 0 aromatic heterocycles. The highest BCUT2D eigenvalue weighted by Gasteiger charge is 2.46. The molecular weight excluding hydrogens is 577 g/mol. The minimum absolute atomic E-state index is 0.0367. The molecule has 5 rings (SSSR count). The summed E-state index contributed by atoms with van der Waals surface area (Å²) in [6.45, 7) is 1.62. The molecule has 0 N–H and O–H groups in total. The second kappa shape index (κ2) is 13.0. The highest BCUT2D eigenvalue weighted by atomic mass is 19.4. The van der Waals surface area contributed by atoms with Gasteiger partial charge in [-0.05, 0) is 60.2 Å². The predicted molar refractivity (Wildman–Crippen MR) is 155 cm³/mol. The number of nitrogens with zero attached hydrogens (tertiary/aromatic N) is 2. The fraction of sp³-hybridized carbons (Fsp3) is 0.364. The summed E-state index contributed by atoms with van der Waals surface area (Å²) in [6, 6.07) is 18.8. The zero-order valence-electron chi connectivity index (χ0n) is 24.4. The van der Waals surface area contributed by atoms with Crippen molar-refractivity contribution in [3.63, 3.8) is 0 Å². The van der Waals surface area contributed by atoms with Gasteiger partial charge in [0.05, 0.1) is 18.7 Å².